The van der Waals surface area contributed by atoms with Crippen molar-refractivity contribution in [3.63, 3.8) is 0 Å². The zero-order valence-corrected chi connectivity index (χ0v) is 14.9. The van der Waals surface area contributed by atoms with Crippen LogP contribution < -0.4 is 4.74 Å². The summed E-state index contributed by atoms with van der Waals surface area (Å²) in [6.07, 6.45) is 5.50. The van der Waals surface area contributed by atoms with Crippen molar-refractivity contribution >= 4 is 10.0 Å². The summed E-state index contributed by atoms with van der Waals surface area (Å²) < 4.78 is 34.4. The van der Waals surface area contributed by atoms with Crippen molar-refractivity contribution in [2.24, 2.45) is 0 Å². The Labute approximate surface area is 143 Å². The van der Waals surface area contributed by atoms with E-state index in [9.17, 15) is 8.42 Å². The topological polar surface area (TPSA) is 64.4 Å². The van der Waals surface area contributed by atoms with E-state index in [1.807, 2.05) is 31.2 Å². The van der Waals surface area contributed by atoms with Crippen LogP contribution in [0.1, 0.15) is 25.3 Å². The molecular formula is C17H23N3O3S. The molecule has 1 aliphatic rings. The van der Waals surface area contributed by atoms with Crippen LogP contribution in [0.4, 0.5) is 0 Å². The minimum atomic E-state index is -3.49. The minimum absolute atomic E-state index is 0.0212. The maximum absolute atomic E-state index is 12.9. The maximum atomic E-state index is 12.9. The van der Waals surface area contributed by atoms with Crippen LogP contribution in [0.25, 0.3) is 0 Å². The van der Waals surface area contributed by atoms with Crippen LogP contribution in [0.5, 0.6) is 5.75 Å². The Morgan fingerprint density at radius 3 is 2.92 bits per heavy atom. The van der Waals surface area contributed by atoms with Gasteiger partial charge in [0.1, 0.15) is 10.6 Å². The SMILES string of the molecule is CCn1cc(S(=O)(=O)N2CCC[C@H]2Cc2cccc(OC)c2)cn1. The molecule has 0 saturated carbocycles. The molecule has 1 aromatic heterocycles. The molecule has 0 spiro atoms. The fourth-order valence-corrected chi connectivity index (χ4v) is 4.84. The smallest absolute Gasteiger partial charge is 0.246 e. The van der Waals surface area contributed by atoms with Gasteiger partial charge in [0, 0.05) is 25.3 Å². The summed E-state index contributed by atoms with van der Waals surface area (Å²) in [5, 5.41) is 4.10. The van der Waals surface area contributed by atoms with Crippen LogP contribution in [0, 0.1) is 0 Å². The highest BCUT2D eigenvalue weighted by atomic mass is 32.2. The lowest BCUT2D eigenvalue weighted by atomic mass is 10.0. The molecule has 6 nitrogen and oxygen atoms in total. The van der Waals surface area contributed by atoms with E-state index < -0.39 is 10.0 Å². The van der Waals surface area contributed by atoms with Gasteiger partial charge in [-0.05, 0) is 43.9 Å². The minimum Gasteiger partial charge on any atom is -0.497 e. The van der Waals surface area contributed by atoms with E-state index in [2.05, 4.69) is 5.10 Å². The second-order valence-corrected chi connectivity index (χ2v) is 7.89. The van der Waals surface area contributed by atoms with Gasteiger partial charge in [-0.3, -0.25) is 4.68 Å². The molecule has 7 heteroatoms. The summed E-state index contributed by atoms with van der Waals surface area (Å²) in [6, 6.07) is 7.80. The number of nitrogens with zero attached hydrogens (tertiary/aromatic N) is 3. The van der Waals surface area contributed by atoms with Gasteiger partial charge in [-0.1, -0.05) is 12.1 Å². The van der Waals surface area contributed by atoms with Crippen molar-refractivity contribution in [1.29, 1.82) is 0 Å². The van der Waals surface area contributed by atoms with Crippen LogP contribution in [-0.2, 0) is 23.0 Å². The van der Waals surface area contributed by atoms with E-state index in [1.54, 1.807) is 22.3 Å². The summed E-state index contributed by atoms with van der Waals surface area (Å²) in [4.78, 5) is 0.280. The first kappa shape index (κ1) is 17.0. The molecule has 1 aromatic carbocycles. The number of hydrogen-bond acceptors (Lipinski definition) is 4. The van der Waals surface area contributed by atoms with Gasteiger partial charge < -0.3 is 4.74 Å². The lowest BCUT2D eigenvalue weighted by molar-refractivity contribution is 0.384. The van der Waals surface area contributed by atoms with E-state index in [0.717, 1.165) is 24.2 Å². The Balaban J connectivity index is 1.81. The molecule has 1 saturated heterocycles. The first-order valence-electron chi connectivity index (χ1n) is 8.22. The molecule has 1 fully saturated rings. The molecule has 0 aliphatic carbocycles. The molecule has 0 radical (unpaired) electrons. The average Bonchev–Trinajstić information content (AvgIpc) is 3.24. The van der Waals surface area contributed by atoms with Crippen LogP contribution in [0.3, 0.4) is 0 Å². The van der Waals surface area contributed by atoms with Crippen LogP contribution in [-0.4, -0.2) is 42.2 Å². The number of aromatic nitrogens is 2. The highest BCUT2D eigenvalue weighted by Crippen LogP contribution is 2.28. The van der Waals surface area contributed by atoms with E-state index in [1.165, 1.54) is 6.20 Å². The lowest BCUT2D eigenvalue weighted by Crippen LogP contribution is -2.36. The van der Waals surface area contributed by atoms with Gasteiger partial charge in [-0.2, -0.15) is 9.40 Å². The van der Waals surface area contributed by atoms with Crippen molar-refractivity contribution in [2.45, 2.75) is 43.7 Å². The van der Waals surface area contributed by atoms with Gasteiger partial charge in [-0.25, -0.2) is 8.42 Å². The van der Waals surface area contributed by atoms with Crippen molar-refractivity contribution < 1.29 is 13.2 Å². The molecular weight excluding hydrogens is 326 g/mol. The van der Waals surface area contributed by atoms with Gasteiger partial charge >= 0.3 is 0 Å². The van der Waals surface area contributed by atoms with E-state index >= 15 is 0 Å². The Morgan fingerprint density at radius 1 is 1.38 bits per heavy atom. The van der Waals surface area contributed by atoms with Gasteiger partial charge in [0.15, 0.2) is 0 Å². The second kappa shape index (κ2) is 6.94. The lowest BCUT2D eigenvalue weighted by Gasteiger charge is -2.23. The molecule has 2 heterocycles. The molecule has 3 rings (SSSR count). The summed E-state index contributed by atoms with van der Waals surface area (Å²) in [5.74, 6) is 0.795. The molecule has 2 aromatic rings. The first-order valence-corrected chi connectivity index (χ1v) is 9.66. The molecule has 0 unspecified atom stereocenters. The van der Waals surface area contributed by atoms with E-state index in [0.29, 0.717) is 19.5 Å². The van der Waals surface area contributed by atoms with E-state index in [4.69, 9.17) is 4.74 Å². The fraction of sp³-hybridized carbons (Fsp3) is 0.471. The monoisotopic (exact) mass is 349 g/mol. The van der Waals surface area contributed by atoms with Crippen LogP contribution in [0.15, 0.2) is 41.6 Å². The summed E-state index contributed by atoms with van der Waals surface area (Å²) in [7, 11) is -1.86. The highest BCUT2D eigenvalue weighted by molar-refractivity contribution is 7.89. The Bertz CT molecular complexity index is 801. The maximum Gasteiger partial charge on any atom is 0.246 e. The number of rotatable bonds is 6. The highest BCUT2D eigenvalue weighted by Gasteiger charge is 2.36. The molecule has 130 valence electrons. The normalized spacial score (nSPS) is 18.8. The average molecular weight is 349 g/mol. The largest absolute Gasteiger partial charge is 0.497 e. The Morgan fingerprint density at radius 2 is 2.21 bits per heavy atom. The number of aryl methyl sites for hydroxylation is 1. The Hall–Kier alpha value is -1.86. The predicted octanol–water partition coefficient (Wildman–Crippen LogP) is 2.31. The first-order chi connectivity index (χ1) is 11.5. The van der Waals surface area contributed by atoms with Crippen molar-refractivity contribution in [1.82, 2.24) is 14.1 Å². The zero-order valence-electron chi connectivity index (χ0n) is 14.1. The standard InChI is InChI=1S/C17H23N3O3S/c1-3-19-13-17(12-18-19)24(21,22)20-9-5-7-15(20)10-14-6-4-8-16(11-14)23-2/h4,6,8,11-13,15H,3,5,7,9-10H2,1-2H3/t15-/m0/s1. The summed E-state index contributed by atoms with van der Waals surface area (Å²) in [5.41, 5.74) is 1.09. The number of ether oxygens (including phenoxy) is 1. The van der Waals surface area contributed by atoms with Crippen molar-refractivity contribution in [3.05, 3.63) is 42.2 Å². The quantitative estimate of drug-likeness (QED) is 0.803. The van der Waals surface area contributed by atoms with Crippen molar-refractivity contribution in [2.75, 3.05) is 13.7 Å². The van der Waals surface area contributed by atoms with E-state index in [-0.39, 0.29) is 10.9 Å². The third-order valence-electron chi connectivity index (χ3n) is 4.47. The number of methoxy groups -OCH3 is 1. The number of sulfonamides is 1. The summed E-state index contributed by atoms with van der Waals surface area (Å²) >= 11 is 0. The second-order valence-electron chi connectivity index (χ2n) is 6.00. The number of benzene rings is 1. The predicted molar refractivity (Wildman–Crippen MR) is 91.5 cm³/mol. The van der Waals surface area contributed by atoms with Crippen LogP contribution in [0.2, 0.25) is 0 Å². The molecule has 0 N–H and O–H groups in total. The van der Waals surface area contributed by atoms with Gasteiger partial charge in [0.05, 0.1) is 13.3 Å². The molecule has 1 aliphatic heterocycles. The number of hydrogen-bond donors (Lipinski definition) is 0. The molecule has 0 amide bonds. The summed E-state index contributed by atoms with van der Waals surface area (Å²) in [6.45, 7) is 3.15. The Kier molecular flexibility index (Phi) is 4.91. The molecule has 1 atom stereocenters. The third kappa shape index (κ3) is 3.32. The third-order valence-corrected chi connectivity index (χ3v) is 6.37. The van der Waals surface area contributed by atoms with Gasteiger partial charge in [-0.15, -0.1) is 0 Å². The van der Waals surface area contributed by atoms with Crippen molar-refractivity contribution in [3.8, 4) is 5.75 Å². The van der Waals surface area contributed by atoms with Gasteiger partial charge in [0.2, 0.25) is 10.0 Å². The molecule has 24 heavy (non-hydrogen) atoms. The fourth-order valence-electron chi connectivity index (χ4n) is 3.19. The molecule has 0 bridgehead atoms. The van der Waals surface area contributed by atoms with Crippen LogP contribution >= 0.6 is 0 Å². The zero-order chi connectivity index (χ0) is 17.2. The van der Waals surface area contributed by atoms with Gasteiger partial charge in [0.25, 0.3) is 0 Å².